The Labute approximate surface area is 193 Å². The number of aromatic nitrogens is 2. The van der Waals surface area contributed by atoms with Gasteiger partial charge in [-0.2, -0.15) is 13.2 Å². The van der Waals surface area contributed by atoms with Crippen LogP contribution in [0.5, 0.6) is 0 Å². The van der Waals surface area contributed by atoms with Gasteiger partial charge in [-0.25, -0.2) is 18.7 Å². The van der Waals surface area contributed by atoms with Crippen molar-refractivity contribution in [1.82, 2.24) is 19.6 Å². The molecule has 0 radical (unpaired) electrons. The Kier molecular flexibility index (Phi) is 8.04. The lowest BCUT2D eigenvalue weighted by molar-refractivity contribution is -0.145. The fourth-order valence-corrected chi connectivity index (χ4v) is 3.75. The molecule has 0 saturated heterocycles. The number of alkyl halides is 3. The van der Waals surface area contributed by atoms with Gasteiger partial charge in [-0.15, -0.1) is 0 Å². The van der Waals surface area contributed by atoms with Gasteiger partial charge in [0.25, 0.3) is 0 Å². The van der Waals surface area contributed by atoms with E-state index in [-0.39, 0.29) is 30.9 Å². The highest BCUT2D eigenvalue weighted by Gasteiger charge is 2.34. The third-order valence-electron chi connectivity index (χ3n) is 4.57. The molecule has 0 bridgehead atoms. The molecule has 5 nitrogen and oxygen atoms in total. The summed E-state index contributed by atoms with van der Waals surface area (Å²) in [6.45, 7) is 4.30. The van der Waals surface area contributed by atoms with Crippen molar-refractivity contribution in [3.63, 3.8) is 0 Å². The highest BCUT2D eigenvalue weighted by Crippen LogP contribution is 2.27. The van der Waals surface area contributed by atoms with Gasteiger partial charge in [0.05, 0.1) is 6.54 Å². The second kappa shape index (κ2) is 10.8. The summed E-state index contributed by atoms with van der Waals surface area (Å²) < 4.78 is 53.0. The van der Waals surface area contributed by atoms with Gasteiger partial charge >= 0.3 is 6.18 Å². The first-order chi connectivity index (χ1) is 15.6. The SMILES string of the molecule is CC(C)N(CC(=O)NCc1cccc(-c2cnc(C(F)(F)F)nc2)c1)Sc1ccc(F)cc1. The molecule has 3 rings (SSSR count). The van der Waals surface area contributed by atoms with Crippen molar-refractivity contribution < 1.29 is 22.4 Å². The molecule has 0 atom stereocenters. The van der Waals surface area contributed by atoms with Gasteiger partial charge in [0, 0.05) is 35.4 Å². The maximum atomic E-state index is 13.1. The molecule has 0 saturated carbocycles. The molecule has 0 aliphatic rings. The Bertz CT molecular complexity index is 1070. The number of nitrogens with one attached hydrogen (secondary N) is 1. The van der Waals surface area contributed by atoms with Gasteiger partial charge in [0.1, 0.15) is 5.82 Å². The zero-order valence-corrected chi connectivity index (χ0v) is 18.8. The maximum absolute atomic E-state index is 13.1. The second-order valence-corrected chi connectivity index (χ2v) is 8.61. The van der Waals surface area contributed by atoms with Crippen LogP contribution in [0.15, 0.2) is 65.8 Å². The molecule has 3 aromatic rings. The van der Waals surface area contributed by atoms with E-state index >= 15 is 0 Å². The molecule has 1 N–H and O–H groups in total. The van der Waals surface area contributed by atoms with Crippen LogP contribution in [-0.2, 0) is 17.5 Å². The van der Waals surface area contributed by atoms with Gasteiger partial charge in [-0.3, -0.25) is 4.79 Å². The van der Waals surface area contributed by atoms with Gasteiger partial charge < -0.3 is 5.32 Å². The Morgan fingerprint density at radius 3 is 2.33 bits per heavy atom. The number of benzene rings is 2. The first-order valence-corrected chi connectivity index (χ1v) is 10.8. The van der Waals surface area contributed by atoms with E-state index in [9.17, 15) is 22.4 Å². The molecular formula is C23H22F4N4OS. The summed E-state index contributed by atoms with van der Waals surface area (Å²) in [5, 5.41) is 2.85. The fraction of sp³-hybridized carbons (Fsp3) is 0.261. The molecular weight excluding hydrogens is 456 g/mol. The summed E-state index contributed by atoms with van der Waals surface area (Å²) >= 11 is 1.37. The summed E-state index contributed by atoms with van der Waals surface area (Å²) in [5.74, 6) is -1.71. The van der Waals surface area contributed by atoms with E-state index in [4.69, 9.17) is 0 Å². The molecule has 174 valence electrons. The Hall–Kier alpha value is -2.98. The topological polar surface area (TPSA) is 58.1 Å². The van der Waals surface area contributed by atoms with Crippen LogP contribution in [-0.4, -0.2) is 32.8 Å². The van der Waals surface area contributed by atoms with E-state index in [1.165, 1.54) is 24.1 Å². The monoisotopic (exact) mass is 478 g/mol. The average Bonchev–Trinajstić information content (AvgIpc) is 2.78. The van der Waals surface area contributed by atoms with Crippen molar-refractivity contribution in [3.05, 3.63) is 78.1 Å². The van der Waals surface area contributed by atoms with E-state index < -0.39 is 12.0 Å². The number of rotatable bonds is 8. The number of carbonyl (C=O) groups is 1. The lowest BCUT2D eigenvalue weighted by Crippen LogP contribution is -2.36. The van der Waals surface area contributed by atoms with E-state index in [0.717, 1.165) is 22.9 Å². The molecule has 1 aromatic heterocycles. The predicted molar refractivity (Wildman–Crippen MR) is 118 cm³/mol. The van der Waals surface area contributed by atoms with Crippen LogP contribution in [0.4, 0.5) is 17.6 Å². The molecule has 10 heteroatoms. The lowest BCUT2D eigenvalue weighted by atomic mass is 10.1. The van der Waals surface area contributed by atoms with Crippen molar-refractivity contribution in [2.75, 3.05) is 6.54 Å². The number of nitrogens with zero attached hydrogens (tertiary/aromatic N) is 3. The molecule has 1 amide bonds. The normalized spacial score (nSPS) is 11.8. The number of hydrogen-bond acceptors (Lipinski definition) is 5. The average molecular weight is 479 g/mol. The largest absolute Gasteiger partial charge is 0.451 e. The summed E-state index contributed by atoms with van der Waals surface area (Å²) in [5.41, 5.74) is 1.87. The first kappa shape index (κ1) is 24.7. The zero-order valence-electron chi connectivity index (χ0n) is 17.9. The minimum atomic E-state index is -4.59. The quantitative estimate of drug-likeness (QED) is 0.350. The van der Waals surface area contributed by atoms with Crippen LogP contribution in [0.25, 0.3) is 11.1 Å². The number of carbonyl (C=O) groups excluding carboxylic acids is 1. The predicted octanol–water partition coefficient (Wildman–Crippen LogP) is 5.34. The van der Waals surface area contributed by atoms with Crippen molar-refractivity contribution in [3.8, 4) is 11.1 Å². The highest BCUT2D eigenvalue weighted by molar-refractivity contribution is 7.97. The van der Waals surface area contributed by atoms with Crippen LogP contribution in [0.3, 0.4) is 0 Å². The highest BCUT2D eigenvalue weighted by atomic mass is 32.2. The molecule has 0 aliphatic heterocycles. The molecule has 2 aromatic carbocycles. The summed E-state index contributed by atoms with van der Waals surface area (Å²) in [7, 11) is 0. The van der Waals surface area contributed by atoms with E-state index in [0.29, 0.717) is 11.1 Å². The van der Waals surface area contributed by atoms with E-state index in [1.54, 1.807) is 30.3 Å². The number of halogens is 4. The van der Waals surface area contributed by atoms with Crippen LogP contribution in [0.2, 0.25) is 0 Å². The van der Waals surface area contributed by atoms with Gasteiger partial charge in [0.15, 0.2) is 0 Å². The summed E-state index contributed by atoms with van der Waals surface area (Å²) in [6.07, 6.45) is -2.34. The van der Waals surface area contributed by atoms with Crippen LogP contribution in [0, 0.1) is 5.82 Å². The van der Waals surface area contributed by atoms with Crippen LogP contribution >= 0.6 is 11.9 Å². The minimum absolute atomic E-state index is 0.0637. The zero-order chi connectivity index (χ0) is 24.0. The molecule has 0 fully saturated rings. The van der Waals surface area contributed by atoms with Gasteiger partial charge in [0.2, 0.25) is 11.7 Å². The van der Waals surface area contributed by atoms with E-state index in [1.807, 2.05) is 24.2 Å². The minimum Gasteiger partial charge on any atom is -0.351 e. The lowest BCUT2D eigenvalue weighted by Gasteiger charge is -2.24. The summed E-state index contributed by atoms with van der Waals surface area (Å²) in [6, 6.07) is 13.2. The standard InChI is InChI=1S/C23H22F4N4OS/c1-15(2)31(33-20-8-6-19(24)7-9-20)14-21(32)28-11-16-4-3-5-17(10-16)18-12-29-22(30-13-18)23(25,26)27/h3-10,12-13,15H,11,14H2,1-2H3,(H,28,32). The fourth-order valence-electron chi connectivity index (χ4n) is 2.83. The van der Waals surface area contributed by atoms with Crippen molar-refractivity contribution in [2.45, 2.75) is 37.5 Å². The Morgan fingerprint density at radius 1 is 1.06 bits per heavy atom. The first-order valence-electron chi connectivity index (χ1n) is 10.1. The van der Waals surface area contributed by atoms with Crippen molar-refractivity contribution >= 4 is 17.9 Å². The van der Waals surface area contributed by atoms with Gasteiger partial charge in [-0.1, -0.05) is 18.2 Å². The number of hydrogen-bond donors (Lipinski definition) is 1. The Balaban J connectivity index is 1.59. The van der Waals surface area contributed by atoms with Gasteiger partial charge in [-0.05, 0) is 67.3 Å². The second-order valence-electron chi connectivity index (χ2n) is 7.48. The Morgan fingerprint density at radius 2 is 1.73 bits per heavy atom. The molecule has 0 unspecified atom stereocenters. The molecule has 0 aliphatic carbocycles. The molecule has 33 heavy (non-hydrogen) atoms. The third-order valence-corrected chi connectivity index (χ3v) is 5.84. The van der Waals surface area contributed by atoms with Crippen molar-refractivity contribution in [2.24, 2.45) is 0 Å². The third kappa shape index (κ3) is 7.26. The summed E-state index contributed by atoms with van der Waals surface area (Å²) in [4.78, 5) is 20.1. The molecule has 0 spiro atoms. The smallest absolute Gasteiger partial charge is 0.351 e. The van der Waals surface area contributed by atoms with Crippen LogP contribution < -0.4 is 5.32 Å². The van der Waals surface area contributed by atoms with Crippen LogP contribution in [0.1, 0.15) is 25.2 Å². The van der Waals surface area contributed by atoms with Crippen molar-refractivity contribution in [1.29, 1.82) is 0 Å². The maximum Gasteiger partial charge on any atom is 0.451 e. The molecule has 1 heterocycles. The number of amides is 1. The van der Waals surface area contributed by atoms with E-state index in [2.05, 4.69) is 15.3 Å².